The fourth-order valence-corrected chi connectivity index (χ4v) is 4.36. The maximum atomic E-state index is 14.1. The Bertz CT molecular complexity index is 1200. The van der Waals surface area contributed by atoms with Crippen LogP contribution in [0.25, 0.3) is 0 Å². The van der Waals surface area contributed by atoms with Crippen LogP contribution in [0.3, 0.4) is 0 Å². The molecule has 3 atom stereocenters. The van der Waals surface area contributed by atoms with Gasteiger partial charge in [-0.2, -0.15) is 0 Å². The third kappa shape index (κ3) is 3.52. The summed E-state index contributed by atoms with van der Waals surface area (Å²) in [6, 6.07) is 18.1. The van der Waals surface area contributed by atoms with Crippen molar-refractivity contribution in [3.05, 3.63) is 90.0 Å². The van der Waals surface area contributed by atoms with Crippen LogP contribution in [0.1, 0.15) is 18.5 Å². The van der Waals surface area contributed by atoms with Crippen molar-refractivity contribution in [3.63, 3.8) is 0 Å². The number of hydrogen-bond acceptors (Lipinski definition) is 5. The Morgan fingerprint density at radius 1 is 0.879 bits per heavy atom. The van der Waals surface area contributed by atoms with Gasteiger partial charge in [0.05, 0.1) is 24.0 Å². The van der Waals surface area contributed by atoms with Crippen molar-refractivity contribution in [2.24, 2.45) is 5.92 Å². The highest BCUT2D eigenvalue weighted by Crippen LogP contribution is 2.47. The van der Waals surface area contributed by atoms with E-state index in [9.17, 15) is 18.4 Å². The van der Waals surface area contributed by atoms with E-state index < -0.39 is 41.5 Å². The second kappa shape index (κ2) is 8.29. The molecule has 2 heterocycles. The number of ether oxygens (including phenoxy) is 1. The lowest BCUT2D eigenvalue weighted by atomic mass is 9.90. The molecular formula is C25H20F2N2O4. The molecule has 6 nitrogen and oxygen atoms in total. The van der Waals surface area contributed by atoms with E-state index >= 15 is 0 Å². The zero-order valence-corrected chi connectivity index (χ0v) is 17.7. The van der Waals surface area contributed by atoms with Gasteiger partial charge in [0, 0.05) is 0 Å². The van der Waals surface area contributed by atoms with Gasteiger partial charge in [-0.15, -0.1) is 0 Å². The van der Waals surface area contributed by atoms with Gasteiger partial charge in [0.2, 0.25) is 5.91 Å². The molecule has 3 aromatic rings. The highest BCUT2D eigenvalue weighted by atomic mass is 19.2. The van der Waals surface area contributed by atoms with Crippen molar-refractivity contribution in [2.45, 2.75) is 19.1 Å². The van der Waals surface area contributed by atoms with Gasteiger partial charge in [0.1, 0.15) is 11.7 Å². The van der Waals surface area contributed by atoms with Crippen molar-refractivity contribution in [1.82, 2.24) is 0 Å². The summed E-state index contributed by atoms with van der Waals surface area (Å²) in [4.78, 5) is 33.9. The van der Waals surface area contributed by atoms with E-state index in [1.54, 1.807) is 48.5 Å². The number of fused-ring (bicyclic) bond motifs is 1. The summed E-state index contributed by atoms with van der Waals surface area (Å²) < 4.78 is 33.2. The summed E-state index contributed by atoms with van der Waals surface area (Å²) in [7, 11) is 0. The molecule has 2 fully saturated rings. The van der Waals surface area contributed by atoms with Gasteiger partial charge < -0.3 is 4.74 Å². The Balaban J connectivity index is 1.55. The van der Waals surface area contributed by atoms with Crippen molar-refractivity contribution in [3.8, 4) is 5.75 Å². The number of anilines is 2. The molecule has 0 radical (unpaired) electrons. The number of halogens is 2. The third-order valence-corrected chi connectivity index (χ3v) is 5.82. The van der Waals surface area contributed by atoms with E-state index in [1.165, 1.54) is 11.1 Å². The van der Waals surface area contributed by atoms with Crippen LogP contribution in [0.4, 0.5) is 20.2 Å². The van der Waals surface area contributed by atoms with E-state index in [1.807, 2.05) is 13.0 Å². The van der Waals surface area contributed by atoms with E-state index in [2.05, 4.69) is 0 Å². The summed E-state index contributed by atoms with van der Waals surface area (Å²) >= 11 is 0. The molecule has 2 aliphatic rings. The smallest absolute Gasteiger partial charge is 0.266 e. The highest BCUT2D eigenvalue weighted by molar-refractivity contribution is 6.23. The van der Waals surface area contributed by atoms with Gasteiger partial charge in [-0.25, -0.2) is 18.7 Å². The largest absolute Gasteiger partial charge is 0.494 e. The zero-order chi connectivity index (χ0) is 23.1. The van der Waals surface area contributed by atoms with Gasteiger partial charge >= 0.3 is 0 Å². The van der Waals surface area contributed by atoms with Crippen LogP contribution in [0, 0.1) is 17.6 Å². The summed E-state index contributed by atoms with van der Waals surface area (Å²) in [5, 5.41) is 1.44. The number of imide groups is 1. The first-order valence-electron chi connectivity index (χ1n) is 10.6. The average Bonchev–Trinajstić information content (AvgIpc) is 3.33. The summed E-state index contributed by atoms with van der Waals surface area (Å²) in [6.45, 7) is 2.35. The molecule has 8 heteroatoms. The maximum absolute atomic E-state index is 14.1. The molecule has 0 N–H and O–H groups in total. The van der Waals surface area contributed by atoms with Gasteiger partial charge in [0.25, 0.3) is 5.91 Å². The van der Waals surface area contributed by atoms with E-state index in [-0.39, 0.29) is 0 Å². The molecule has 0 saturated carbocycles. The Kier molecular flexibility index (Phi) is 5.30. The van der Waals surface area contributed by atoms with Gasteiger partial charge in [-0.1, -0.05) is 24.3 Å². The quantitative estimate of drug-likeness (QED) is 0.539. The minimum absolute atomic E-state index is 0.333. The van der Waals surface area contributed by atoms with Gasteiger partial charge in [0.15, 0.2) is 17.7 Å². The lowest BCUT2D eigenvalue weighted by Gasteiger charge is -2.28. The number of para-hydroxylation sites is 1. The topological polar surface area (TPSA) is 59.1 Å². The van der Waals surface area contributed by atoms with Crippen molar-refractivity contribution in [2.75, 3.05) is 16.6 Å². The first kappa shape index (κ1) is 21.1. The lowest BCUT2D eigenvalue weighted by Crippen LogP contribution is -2.37. The van der Waals surface area contributed by atoms with Crippen LogP contribution < -0.4 is 14.7 Å². The van der Waals surface area contributed by atoms with Crippen LogP contribution in [-0.4, -0.2) is 24.5 Å². The number of nitrogens with zero attached hydrogens (tertiary/aromatic N) is 2. The molecule has 168 valence electrons. The summed E-state index contributed by atoms with van der Waals surface area (Å²) in [5.74, 6) is -3.34. The molecule has 0 spiro atoms. The number of amides is 2. The minimum Gasteiger partial charge on any atom is -0.494 e. The maximum Gasteiger partial charge on any atom is 0.266 e. The number of hydroxylamine groups is 1. The van der Waals surface area contributed by atoms with Crippen LogP contribution in [0.2, 0.25) is 0 Å². The molecule has 0 aromatic heterocycles. The molecule has 3 aromatic carbocycles. The molecule has 33 heavy (non-hydrogen) atoms. The average molecular weight is 450 g/mol. The molecule has 0 aliphatic carbocycles. The van der Waals surface area contributed by atoms with Gasteiger partial charge in [-0.3, -0.25) is 14.4 Å². The van der Waals surface area contributed by atoms with E-state index in [0.717, 1.165) is 17.0 Å². The second-order valence-electron chi connectivity index (χ2n) is 7.77. The Morgan fingerprint density at radius 3 is 2.27 bits per heavy atom. The highest BCUT2D eigenvalue weighted by Gasteiger charge is 2.60. The predicted octanol–water partition coefficient (Wildman–Crippen LogP) is 4.41. The van der Waals surface area contributed by atoms with E-state index in [0.29, 0.717) is 29.3 Å². The predicted molar refractivity (Wildman–Crippen MR) is 116 cm³/mol. The Labute approximate surface area is 188 Å². The Morgan fingerprint density at radius 2 is 1.61 bits per heavy atom. The first-order valence-corrected chi connectivity index (χ1v) is 10.6. The summed E-state index contributed by atoms with van der Waals surface area (Å²) in [6.07, 6.45) is -1.10. The monoisotopic (exact) mass is 450 g/mol. The number of benzene rings is 3. The zero-order valence-electron chi connectivity index (χ0n) is 17.7. The fourth-order valence-electron chi connectivity index (χ4n) is 4.36. The first-order chi connectivity index (χ1) is 16.0. The number of carbonyl (C=O) groups excluding carboxylic acids is 2. The fraction of sp³-hybridized carbons (Fsp3) is 0.200. The van der Waals surface area contributed by atoms with E-state index in [4.69, 9.17) is 9.57 Å². The normalized spacial score (nSPS) is 22.1. The third-order valence-electron chi connectivity index (χ3n) is 5.82. The Hall–Kier alpha value is -3.78. The lowest BCUT2D eigenvalue weighted by molar-refractivity contribution is -0.126. The van der Waals surface area contributed by atoms with Crippen LogP contribution in [-0.2, 0) is 14.4 Å². The minimum atomic E-state index is -1.10. The number of rotatable bonds is 5. The number of carbonyl (C=O) groups is 2. The molecular weight excluding hydrogens is 430 g/mol. The molecule has 2 saturated heterocycles. The van der Waals surface area contributed by atoms with Crippen molar-refractivity contribution < 1.29 is 27.9 Å². The van der Waals surface area contributed by atoms with Crippen molar-refractivity contribution >= 4 is 23.2 Å². The van der Waals surface area contributed by atoms with Crippen LogP contribution in [0.15, 0.2) is 72.8 Å². The SMILES string of the molecule is CCOc1ccc(N2C(=O)[C@H]3[C@H](ON(c4ccccc4)[C@@H]3c3ccc(F)c(F)c3)C2=O)cc1. The van der Waals surface area contributed by atoms with Crippen molar-refractivity contribution in [1.29, 1.82) is 0 Å². The molecule has 2 aliphatic heterocycles. The standard InChI is InChI=1S/C25H20F2N2O4/c1-2-32-18-11-9-16(10-12-18)28-24(30)21-22(15-8-13-19(26)20(27)14-15)29(33-23(21)25(28)31)17-6-4-3-5-7-17/h3-14,21-23H,2H2,1H3/t21-,22-,23+/m1/s1. The molecule has 2 amide bonds. The van der Waals surface area contributed by atoms with Crippen LogP contribution >= 0.6 is 0 Å². The summed E-state index contributed by atoms with van der Waals surface area (Å²) in [5.41, 5.74) is 1.32. The molecule has 5 rings (SSSR count). The molecule has 0 bridgehead atoms. The van der Waals surface area contributed by atoms with Gasteiger partial charge in [-0.05, 0) is 61.0 Å². The van der Waals surface area contributed by atoms with Crippen LogP contribution in [0.5, 0.6) is 5.75 Å². The molecule has 0 unspecified atom stereocenters. The number of hydrogen-bond donors (Lipinski definition) is 0. The second-order valence-corrected chi connectivity index (χ2v) is 7.77.